The zero-order valence-electron chi connectivity index (χ0n) is 11.0. The molecule has 1 saturated heterocycles. The predicted octanol–water partition coefficient (Wildman–Crippen LogP) is 2.09. The van der Waals surface area contributed by atoms with Crippen molar-refractivity contribution in [2.24, 2.45) is 0 Å². The van der Waals surface area contributed by atoms with Crippen molar-refractivity contribution in [3.8, 4) is 11.5 Å². The van der Waals surface area contributed by atoms with Crippen LogP contribution in [0.1, 0.15) is 23.2 Å². The molecule has 1 N–H and O–H groups in total. The van der Waals surface area contributed by atoms with Crippen molar-refractivity contribution >= 4 is 21.8 Å². The molecule has 0 spiro atoms. The monoisotopic (exact) mass is 341 g/mol. The van der Waals surface area contributed by atoms with Crippen LogP contribution in [-0.2, 0) is 4.74 Å². The zero-order chi connectivity index (χ0) is 14.0. The van der Waals surface area contributed by atoms with Crippen molar-refractivity contribution in [3.63, 3.8) is 0 Å². The molecule has 0 unspecified atom stereocenters. The summed E-state index contributed by atoms with van der Waals surface area (Å²) in [5.41, 5.74) is 0.354. The van der Waals surface area contributed by atoms with E-state index in [2.05, 4.69) is 21.2 Å². The molecular formula is C14H16BrNO4. The van der Waals surface area contributed by atoms with Gasteiger partial charge in [0.2, 0.25) is 6.79 Å². The molecule has 2 heterocycles. The van der Waals surface area contributed by atoms with E-state index in [0.29, 0.717) is 30.3 Å². The smallest absolute Gasteiger partial charge is 0.251 e. The van der Waals surface area contributed by atoms with Crippen LogP contribution in [0.3, 0.4) is 0 Å². The first-order chi connectivity index (χ1) is 9.72. The SMILES string of the molecule is O=C(NC1(CBr)CCOCC1)c1ccc2c(c1)OCO2. The highest BCUT2D eigenvalue weighted by Crippen LogP contribution is 2.33. The number of fused-ring (bicyclic) bond motifs is 1. The first-order valence-corrected chi connectivity index (χ1v) is 7.70. The zero-order valence-corrected chi connectivity index (χ0v) is 12.6. The maximum absolute atomic E-state index is 12.4. The molecular weight excluding hydrogens is 326 g/mol. The summed E-state index contributed by atoms with van der Waals surface area (Å²) >= 11 is 3.50. The molecule has 108 valence electrons. The molecule has 0 radical (unpaired) electrons. The second-order valence-corrected chi connectivity index (χ2v) is 5.61. The van der Waals surface area contributed by atoms with Gasteiger partial charge in [0.05, 0.1) is 5.54 Å². The van der Waals surface area contributed by atoms with Gasteiger partial charge in [0.1, 0.15) is 0 Å². The van der Waals surface area contributed by atoms with Gasteiger partial charge >= 0.3 is 0 Å². The Morgan fingerprint density at radius 1 is 1.25 bits per heavy atom. The van der Waals surface area contributed by atoms with Crippen molar-refractivity contribution < 1.29 is 19.0 Å². The van der Waals surface area contributed by atoms with Crippen molar-refractivity contribution in [2.75, 3.05) is 25.3 Å². The average molecular weight is 342 g/mol. The van der Waals surface area contributed by atoms with Crippen molar-refractivity contribution in [1.29, 1.82) is 0 Å². The van der Waals surface area contributed by atoms with Gasteiger partial charge in [0, 0.05) is 24.1 Å². The summed E-state index contributed by atoms with van der Waals surface area (Å²) in [6.45, 7) is 1.56. The van der Waals surface area contributed by atoms with Gasteiger partial charge in [-0.25, -0.2) is 0 Å². The minimum atomic E-state index is -0.230. The Kier molecular flexibility index (Phi) is 3.85. The number of halogens is 1. The molecule has 0 saturated carbocycles. The number of alkyl halides is 1. The highest BCUT2D eigenvalue weighted by molar-refractivity contribution is 9.09. The predicted molar refractivity (Wildman–Crippen MR) is 76.6 cm³/mol. The summed E-state index contributed by atoms with van der Waals surface area (Å²) in [7, 11) is 0. The number of amides is 1. The lowest BCUT2D eigenvalue weighted by atomic mass is 9.92. The van der Waals surface area contributed by atoms with Gasteiger partial charge < -0.3 is 19.5 Å². The van der Waals surface area contributed by atoms with Gasteiger partial charge in [-0.05, 0) is 31.0 Å². The number of carbonyl (C=O) groups is 1. The van der Waals surface area contributed by atoms with E-state index < -0.39 is 0 Å². The van der Waals surface area contributed by atoms with Gasteiger partial charge in [0.15, 0.2) is 11.5 Å². The van der Waals surface area contributed by atoms with E-state index in [0.717, 1.165) is 18.2 Å². The van der Waals surface area contributed by atoms with Crippen molar-refractivity contribution in [3.05, 3.63) is 23.8 Å². The highest BCUT2D eigenvalue weighted by atomic mass is 79.9. The standard InChI is InChI=1S/C14H16BrNO4/c15-8-14(3-5-18-6-4-14)16-13(17)10-1-2-11-12(7-10)20-9-19-11/h1-2,7H,3-6,8-9H2,(H,16,17). The molecule has 3 rings (SSSR count). The maximum atomic E-state index is 12.4. The second kappa shape index (κ2) is 5.61. The molecule has 1 aromatic carbocycles. The number of rotatable bonds is 3. The lowest BCUT2D eigenvalue weighted by Crippen LogP contribution is -2.53. The van der Waals surface area contributed by atoms with Crippen LogP contribution < -0.4 is 14.8 Å². The van der Waals surface area contributed by atoms with E-state index in [9.17, 15) is 4.79 Å². The van der Waals surface area contributed by atoms with Crippen LogP contribution in [0, 0.1) is 0 Å². The van der Waals surface area contributed by atoms with Gasteiger partial charge in [-0.2, -0.15) is 0 Å². The third-order valence-electron chi connectivity index (χ3n) is 3.72. The maximum Gasteiger partial charge on any atom is 0.251 e. The topological polar surface area (TPSA) is 56.8 Å². The van der Waals surface area contributed by atoms with Gasteiger partial charge in [-0.15, -0.1) is 0 Å². The Bertz CT molecular complexity index is 514. The van der Waals surface area contributed by atoms with Crippen LogP contribution in [0.4, 0.5) is 0 Å². The molecule has 20 heavy (non-hydrogen) atoms. The summed E-state index contributed by atoms with van der Waals surface area (Å²) in [5, 5.41) is 3.85. The Morgan fingerprint density at radius 2 is 2.00 bits per heavy atom. The largest absolute Gasteiger partial charge is 0.454 e. The third kappa shape index (κ3) is 2.62. The number of hydrogen-bond donors (Lipinski definition) is 1. The molecule has 0 aliphatic carbocycles. The first-order valence-electron chi connectivity index (χ1n) is 6.58. The van der Waals surface area contributed by atoms with E-state index in [1.54, 1.807) is 18.2 Å². The Balaban J connectivity index is 1.75. The Hall–Kier alpha value is -1.27. The van der Waals surface area contributed by atoms with E-state index in [-0.39, 0.29) is 18.2 Å². The van der Waals surface area contributed by atoms with Gasteiger partial charge in [-0.1, -0.05) is 15.9 Å². The summed E-state index contributed by atoms with van der Waals surface area (Å²) in [5.74, 6) is 1.21. The molecule has 0 atom stereocenters. The summed E-state index contributed by atoms with van der Waals surface area (Å²) in [6, 6.07) is 5.24. The fourth-order valence-corrected chi connectivity index (χ4v) is 3.11. The van der Waals surface area contributed by atoms with E-state index in [1.165, 1.54) is 0 Å². The highest BCUT2D eigenvalue weighted by Gasteiger charge is 2.33. The van der Waals surface area contributed by atoms with E-state index >= 15 is 0 Å². The minimum absolute atomic E-state index is 0.0929. The average Bonchev–Trinajstić information content (AvgIpc) is 2.95. The molecule has 6 heteroatoms. The van der Waals surface area contributed by atoms with Crippen LogP contribution in [0.2, 0.25) is 0 Å². The number of benzene rings is 1. The van der Waals surface area contributed by atoms with E-state index in [4.69, 9.17) is 14.2 Å². The number of carbonyl (C=O) groups excluding carboxylic acids is 1. The van der Waals surface area contributed by atoms with Gasteiger partial charge in [-0.3, -0.25) is 4.79 Å². The molecule has 5 nitrogen and oxygen atoms in total. The molecule has 2 aliphatic heterocycles. The minimum Gasteiger partial charge on any atom is -0.454 e. The summed E-state index contributed by atoms with van der Waals surface area (Å²) in [4.78, 5) is 12.4. The third-order valence-corrected chi connectivity index (χ3v) is 4.79. The van der Waals surface area contributed by atoms with Crippen molar-refractivity contribution in [2.45, 2.75) is 18.4 Å². The lowest BCUT2D eigenvalue weighted by molar-refractivity contribution is 0.0442. The van der Waals surface area contributed by atoms with Crippen LogP contribution in [0.5, 0.6) is 11.5 Å². The Morgan fingerprint density at radius 3 is 2.75 bits per heavy atom. The molecule has 0 aromatic heterocycles. The molecule has 1 amide bonds. The number of hydrogen-bond acceptors (Lipinski definition) is 4. The summed E-state index contributed by atoms with van der Waals surface area (Å²) in [6.07, 6.45) is 1.63. The second-order valence-electron chi connectivity index (χ2n) is 5.05. The molecule has 0 bridgehead atoms. The molecule has 1 fully saturated rings. The number of ether oxygens (including phenoxy) is 3. The molecule has 1 aromatic rings. The van der Waals surface area contributed by atoms with E-state index in [1.807, 2.05) is 0 Å². The van der Waals surface area contributed by atoms with Crippen LogP contribution in [0.25, 0.3) is 0 Å². The van der Waals surface area contributed by atoms with Crippen molar-refractivity contribution in [1.82, 2.24) is 5.32 Å². The van der Waals surface area contributed by atoms with Gasteiger partial charge in [0.25, 0.3) is 5.91 Å². The lowest BCUT2D eigenvalue weighted by Gasteiger charge is -2.36. The fourth-order valence-electron chi connectivity index (χ4n) is 2.40. The quantitative estimate of drug-likeness (QED) is 0.855. The Labute approximate surface area is 125 Å². The van der Waals surface area contributed by atoms with Crippen LogP contribution in [0.15, 0.2) is 18.2 Å². The van der Waals surface area contributed by atoms with Crippen LogP contribution >= 0.6 is 15.9 Å². The fraction of sp³-hybridized carbons (Fsp3) is 0.500. The first kappa shape index (κ1) is 13.7. The molecule has 2 aliphatic rings. The van der Waals surface area contributed by atoms with Crippen LogP contribution in [-0.4, -0.2) is 36.8 Å². The number of nitrogens with one attached hydrogen (secondary N) is 1. The summed E-state index contributed by atoms with van der Waals surface area (Å²) < 4.78 is 15.9. The normalized spacial score (nSPS) is 19.6.